The molecule has 2 aromatic rings. The van der Waals surface area contributed by atoms with Crippen LogP contribution < -0.4 is 0 Å². The van der Waals surface area contributed by atoms with Crippen LogP contribution in [0.4, 0.5) is 0 Å². The highest BCUT2D eigenvalue weighted by molar-refractivity contribution is 7.12. The molecule has 84 valence electrons. The van der Waals surface area contributed by atoms with E-state index in [1.165, 1.54) is 0 Å². The van der Waals surface area contributed by atoms with Gasteiger partial charge in [-0.1, -0.05) is 6.07 Å². The number of thiazole rings is 1. The smallest absolute Gasteiger partial charge is 0.0900 e. The number of halogens is 1. The molecule has 0 fully saturated rings. The molecule has 0 spiro atoms. The largest absolute Gasteiger partial charge is 0.261 e. The molecule has 2 nitrogen and oxygen atoms in total. The van der Waals surface area contributed by atoms with E-state index >= 15 is 0 Å². The van der Waals surface area contributed by atoms with Crippen LogP contribution in [0.1, 0.15) is 26.6 Å². The van der Waals surface area contributed by atoms with Crippen molar-refractivity contribution in [1.82, 2.24) is 9.97 Å². The van der Waals surface area contributed by atoms with E-state index < -0.39 is 0 Å². The maximum absolute atomic E-state index is 6.39. The summed E-state index contributed by atoms with van der Waals surface area (Å²) in [6, 6.07) is 5.89. The highest BCUT2D eigenvalue weighted by Gasteiger charge is 2.15. The average molecular weight is 253 g/mol. The molecule has 0 bridgehead atoms. The molecule has 2 rings (SSSR count). The first kappa shape index (κ1) is 11.6. The van der Waals surface area contributed by atoms with E-state index in [9.17, 15) is 0 Å². The van der Waals surface area contributed by atoms with E-state index in [0.717, 1.165) is 27.7 Å². The molecule has 0 saturated carbocycles. The molecule has 0 N–H and O–H groups in total. The van der Waals surface area contributed by atoms with E-state index in [0.29, 0.717) is 0 Å². The molecule has 0 amide bonds. The summed E-state index contributed by atoms with van der Waals surface area (Å²) in [5.41, 5.74) is 2.06. The van der Waals surface area contributed by atoms with Crippen LogP contribution in [0.3, 0.4) is 0 Å². The summed E-state index contributed by atoms with van der Waals surface area (Å²) in [7, 11) is 0. The van der Waals surface area contributed by atoms with Gasteiger partial charge < -0.3 is 0 Å². The minimum atomic E-state index is -0.0268. The maximum atomic E-state index is 6.39. The Labute approximate surface area is 104 Å². The Morgan fingerprint density at radius 3 is 2.75 bits per heavy atom. The van der Waals surface area contributed by atoms with Gasteiger partial charge in [0.1, 0.15) is 0 Å². The Morgan fingerprint density at radius 1 is 1.38 bits per heavy atom. The molecule has 1 unspecified atom stereocenters. The van der Waals surface area contributed by atoms with Gasteiger partial charge in [-0.15, -0.1) is 22.9 Å². The van der Waals surface area contributed by atoms with Gasteiger partial charge in [-0.3, -0.25) is 4.98 Å². The van der Waals surface area contributed by atoms with Gasteiger partial charge in [-0.25, -0.2) is 4.98 Å². The quantitative estimate of drug-likeness (QED) is 0.779. The van der Waals surface area contributed by atoms with Crippen molar-refractivity contribution in [2.45, 2.75) is 25.6 Å². The van der Waals surface area contributed by atoms with Gasteiger partial charge in [0.2, 0.25) is 0 Å². The lowest BCUT2D eigenvalue weighted by Gasteiger charge is -2.07. The summed E-state index contributed by atoms with van der Waals surface area (Å²) in [5, 5.41) is 1.04. The summed E-state index contributed by atoms with van der Waals surface area (Å²) in [4.78, 5) is 9.83. The number of hydrogen-bond donors (Lipinski definition) is 0. The fraction of sp³-hybridized carbons (Fsp3) is 0.333. The normalized spacial score (nSPS) is 12.7. The maximum Gasteiger partial charge on any atom is 0.0900 e. The zero-order chi connectivity index (χ0) is 11.5. The van der Waals surface area contributed by atoms with Crippen molar-refractivity contribution in [3.63, 3.8) is 0 Å². The fourth-order valence-corrected chi connectivity index (χ4v) is 2.99. The Morgan fingerprint density at radius 2 is 2.19 bits per heavy atom. The molecule has 4 heteroatoms. The number of rotatable bonds is 3. The van der Waals surface area contributed by atoms with Crippen molar-refractivity contribution < 1.29 is 0 Å². The molecule has 16 heavy (non-hydrogen) atoms. The second-order valence-electron chi connectivity index (χ2n) is 3.68. The second kappa shape index (κ2) is 4.93. The van der Waals surface area contributed by atoms with E-state index in [-0.39, 0.29) is 5.38 Å². The highest BCUT2D eigenvalue weighted by Crippen LogP contribution is 2.31. The van der Waals surface area contributed by atoms with Crippen LogP contribution in [0.25, 0.3) is 0 Å². The minimum Gasteiger partial charge on any atom is -0.261 e. The number of nitrogens with zero attached hydrogens (tertiary/aromatic N) is 2. The fourth-order valence-electron chi connectivity index (χ4n) is 1.63. The van der Waals surface area contributed by atoms with Gasteiger partial charge in [0.15, 0.2) is 0 Å². The van der Waals surface area contributed by atoms with Crippen molar-refractivity contribution in [3.05, 3.63) is 45.7 Å². The zero-order valence-corrected chi connectivity index (χ0v) is 10.8. The molecular weight excluding hydrogens is 240 g/mol. The third kappa shape index (κ3) is 2.60. The predicted molar refractivity (Wildman–Crippen MR) is 68.1 cm³/mol. The Kier molecular flexibility index (Phi) is 3.56. The summed E-state index contributed by atoms with van der Waals surface area (Å²) in [6.07, 6.45) is 2.55. The zero-order valence-electron chi connectivity index (χ0n) is 9.27. The molecule has 2 heterocycles. The summed E-state index contributed by atoms with van der Waals surface area (Å²) in [5.74, 6) is 0. The number of hydrogen-bond acceptors (Lipinski definition) is 3. The lowest BCUT2D eigenvalue weighted by Crippen LogP contribution is -1.97. The standard InChI is InChI=1S/C12H13ClN2S/c1-8-12(16-9(2)15-8)11(13)7-10-5-3-4-6-14-10/h3-6,11H,7H2,1-2H3. The van der Waals surface area contributed by atoms with Gasteiger partial charge in [-0.05, 0) is 26.0 Å². The Bertz CT molecular complexity index is 467. The van der Waals surface area contributed by atoms with Crippen molar-refractivity contribution in [3.8, 4) is 0 Å². The summed E-state index contributed by atoms with van der Waals surface area (Å²) >= 11 is 8.06. The van der Waals surface area contributed by atoms with Gasteiger partial charge in [-0.2, -0.15) is 0 Å². The minimum absolute atomic E-state index is 0.0268. The molecule has 1 atom stereocenters. The van der Waals surface area contributed by atoms with Crippen LogP contribution >= 0.6 is 22.9 Å². The van der Waals surface area contributed by atoms with Crippen LogP contribution in [-0.2, 0) is 6.42 Å². The van der Waals surface area contributed by atoms with E-state index in [2.05, 4.69) is 9.97 Å². The molecule has 0 saturated heterocycles. The van der Waals surface area contributed by atoms with Gasteiger partial charge in [0, 0.05) is 23.2 Å². The van der Waals surface area contributed by atoms with Crippen molar-refractivity contribution >= 4 is 22.9 Å². The lowest BCUT2D eigenvalue weighted by atomic mass is 10.2. The number of pyridine rings is 1. The van der Waals surface area contributed by atoms with Crippen LogP contribution in [0, 0.1) is 13.8 Å². The molecular formula is C12H13ClN2S. The van der Waals surface area contributed by atoms with Gasteiger partial charge in [0.05, 0.1) is 16.1 Å². The monoisotopic (exact) mass is 252 g/mol. The van der Waals surface area contributed by atoms with E-state index in [1.54, 1.807) is 17.5 Å². The Hall–Kier alpha value is -0.930. The molecule has 0 aromatic carbocycles. The second-order valence-corrected chi connectivity index (χ2v) is 5.44. The molecule has 0 aliphatic heterocycles. The molecule has 0 aliphatic carbocycles. The van der Waals surface area contributed by atoms with Crippen LogP contribution in [0.2, 0.25) is 0 Å². The van der Waals surface area contributed by atoms with Crippen molar-refractivity contribution in [2.24, 2.45) is 0 Å². The third-order valence-electron chi connectivity index (χ3n) is 2.34. The van der Waals surface area contributed by atoms with Gasteiger partial charge >= 0.3 is 0 Å². The third-order valence-corrected chi connectivity index (χ3v) is 4.03. The first-order chi connectivity index (χ1) is 7.66. The molecule has 0 aliphatic rings. The van der Waals surface area contributed by atoms with Crippen LogP contribution in [0.5, 0.6) is 0 Å². The summed E-state index contributed by atoms with van der Waals surface area (Å²) < 4.78 is 0. The number of alkyl halides is 1. The first-order valence-electron chi connectivity index (χ1n) is 5.14. The average Bonchev–Trinajstić information content (AvgIpc) is 2.59. The SMILES string of the molecule is Cc1nc(C)c(C(Cl)Cc2ccccn2)s1. The van der Waals surface area contributed by atoms with E-state index in [1.807, 2.05) is 32.0 Å². The molecule has 2 aromatic heterocycles. The topological polar surface area (TPSA) is 25.8 Å². The van der Waals surface area contributed by atoms with Crippen LogP contribution in [0.15, 0.2) is 24.4 Å². The first-order valence-corrected chi connectivity index (χ1v) is 6.40. The van der Waals surface area contributed by atoms with Crippen molar-refractivity contribution in [1.29, 1.82) is 0 Å². The lowest BCUT2D eigenvalue weighted by molar-refractivity contribution is 0.884. The number of aromatic nitrogens is 2. The van der Waals surface area contributed by atoms with Crippen LogP contribution in [-0.4, -0.2) is 9.97 Å². The van der Waals surface area contributed by atoms with Crippen molar-refractivity contribution in [2.75, 3.05) is 0 Å². The number of aryl methyl sites for hydroxylation is 2. The molecule has 0 radical (unpaired) electrons. The van der Waals surface area contributed by atoms with Gasteiger partial charge in [0.25, 0.3) is 0 Å². The predicted octanol–water partition coefficient (Wildman–Crippen LogP) is 3.68. The highest BCUT2D eigenvalue weighted by atomic mass is 35.5. The summed E-state index contributed by atoms with van der Waals surface area (Å²) in [6.45, 7) is 4.01. The van der Waals surface area contributed by atoms with E-state index in [4.69, 9.17) is 11.6 Å². The Balaban J connectivity index is 2.14.